The lowest BCUT2D eigenvalue weighted by molar-refractivity contribution is -0.144. The number of carbonyl (C=O) groups is 1. The standard InChI is InChI=1S/C64H130N4O6S2/c1-5-9-13-17-21-23-25-27-31-35-42-62(71)58-68(59-63(72)43-36-32-28-26-24-22-18-14-10-6-2)46-39-54-75-76-55-52-66-49-47-65(48-50-66)51-53-74-64(73)44-37-38-45-67(56-60(69)40-33-29-19-15-11-7-3)57-61(70)41-34-30-20-16-12-8-4/h60-63,69-72H,5-59H2,1-4H3. The van der Waals surface area contributed by atoms with E-state index in [2.05, 4.69) is 47.3 Å². The predicted octanol–water partition coefficient (Wildman–Crippen LogP) is 15.3. The molecule has 0 spiro atoms. The van der Waals surface area contributed by atoms with Crippen molar-refractivity contribution in [3.05, 3.63) is 0 Å². The molecule has 454 valence electrons. The molecule has 0 aromatic carbocycles. The van der Waals surface area contributed by atoms with E-state index in [1.165, 1.54) is 180 Å². The number of ether oxygens (including phenoxy) is 1. The molecule has 10 nitrogen and oxygen atoms in total. The van der Waals surface area contributed by atoms with Gasteiger partial charge in [0.2, 0.25) is 0 Å². The fourth-order valence-corrected chi connectivity index (χ4v) is 13.1. The number of piperazine rings is 1. The van der Waals surface area contributed by atoms with Crippen LogP contribution in [0.4, 0.5) is 0 Å². The Balaban J connectivity index is 2.33. The lowest BCUT2D eigenvalue weighted by atomic mass is 10.0. The zero-order valence-corrected chi connectivity index (χ0v) is 52.5. The Morgan fingerprint density at radius 3 is 1.05 bits per heavy atom. The first kappa shape index (κ1) is 73.9. The van der Waals surface area contributed by atoms with Crippen LogP contribution in [0.3, 0.4) is 0 Å². The maximum absolute atomic E-state index is 12.7. The predicted molar refractivity (Wildman–Crippen MR) is 333 cm³/mol. The smallest absolute Gasteiger partial charge is 0.305 e. The first-order valence-corrected chi connectivity index (χ1v) is 35.7. The number of hydrogen-bond donors (Lipinski definition) is 4. The second-order valence-corrected chi connectivity index (χ2v) is 26.2. The summed E-state index contributed by atoms with van der Waals surface area (Å²) < 4.78 is 5.69. The lowest BCUT2D eigenvalue weighted by Gasteiger charge is -2.34. The number of aliphatic hydroxyl groups excluding tert-OH is 4. The summed E-state index contributed by atoms with van der Waals surface area (Å²) in [5.41, 5.74) is 0. The first-order valence-electron chi connectivity index (χ1n) is 33.2. The number of aliphatic hydroxyl groups is 4. The minimum Gasteiger partial charge on any atom is -0.464 e. The topological polar surface area (TPSA) is 120 Å². The van der Waals surface area contributed by atoms with Gasteiger partial charge in [0.15, 0.2) is 0 Å². The van der Waals surface area contributed by atoms with Gasteiger partial charge in [0.05, 0.1) is 24.4 Å². The number of esters is 1. The van der Waals surface area contributed by atoms with Crippen molar-refractivity contribution >= 4 is 27.6 Å². The van der Waals surface area contributed by atoms with E-state index in [1.54, 1.807) is 0 Å². The molecule has 1 aliphatic heterocycles. The van der Waals surface area contributed by atoms with Gasteiger partial charge in [-0.25, -0.2) is 0 Å². The number of carbonyl (C=O) groups excluding carboxylic acids is 1. The van der Waals surface area contributed by atoms with Crippen LogP contribution >= 0.6 is 21.6 Å². The van der Waals surface area contributed by atoms with E-state index < -0.39 is 0 Å². The second kappa shape index (κ2) is 56.7. The van der Waals surface area contributed by atoms with Crippen LogP contribution in [0.2, 0.25) is 0 Å². The van der Waals surface area contributed by atoms with Crippen LogP contribution in [0.1, 0.15) is 285 Å². The van der Waals surface area contributed by atoms with Gasteiger partial charge in [-0.2, -0.15) is 0 Å². The van der Waals surface area contributed by atoms with Gasteiger partial charge in [-0.3, -0.25) is 24.4 Å². The molecule has 0 saturated carbocycles. The van der Waals surface area contributed by atoms with E-state index in [0.29, 0.717) is 39.2 Å². The molecule has 4 unspecified atom stereocenters. The highest BCUT2D eigenvalue weighted by molar-refractivity contribution is 8.76. The Hall–Kier alpha value is -0.150. The van der Waals surface area contributed by atoms with Crippen LogP contribution in [0.15, 0.2) is 0 Å². The molecule has 1 saturated heterocycles. The van der Waals surface area contributed by atoms with Crippen molar-refractivity contribution in [3.63, 3.8) is 0 Å². The van der Waals surface area contributed by atoms with E-state index in [4.69, 9.17) is 4.74 Å². The third-order valence-electron chi connectivity index (χ3n) is 16.0. The van der Waals surface area contributed by atoms with Crippen LogP contribution < -0.4 is 0 Å². The summed E-state index contributed by atoms with van der Waals surface area (Å²) >= 11 is 0. The molecule has 1 rings (SSSR count). The molecule has 4 N–H and O–H groups in total. The van der Waals surface area contributed by atoms with E-state index in [-0.39, 0.29) is 30.4 Å². The summed E-state index contributed by atoms with van der Waals surface area (Å²) in [6.07, 6.45) is 46.0. The minimum atomic E-state index is -0.373. The van der Waals surface area contributed by atoms with Crippen molar-refractivity contribution in [2.45, 2.75) is 309 Å². The van der Waals surface area contributed by atoms with Crippen LogP contribution in [0.25, 0.3) is 0 Å². The van der Waals surface area contributed by atoms with Crippen molar-refractivity contribution in [1.29, 1.82) is 0 Å². The minimum absolute atomic E-state index is 0.118. The average molecular weight is 1120 g/mol. The van der Waals surface area contributed by atoms with Crippen LogP contribution in [0.5, 0.6) is 0 Å². The van der Waals surface area contributed by atoms with Crippen molar-refractivity contribution in [2.75, 3.05) is 96.6 Å². The van der Waals surface area contributed by atoms with Gasteiger partial charge in [0.25, 0.3) is 0 Å². The van der Waals surface area contributed by atoms with Gasteiger partial charge < -0.3 is 25.2 Å². The number of nitrogens with zero attached hydrogens (tertiary/aromatic N) is 4. The van der Waals surface area contributed by atoms with Crippen molar-refractivity contribution < 1.29 is 30.0 Å². The molecule has 0 amide bonds. The molecular weight excluding hydrogens is 985 g/mol. The molecule has 0 radical (unpaired) electrons. The summed E-state index contributed by atoms with van der Waals surface area (Å²) in [6.45, 7) is 19.7. The van der Waals surface area contributed by atoms with Crippen molar-refractivity contribution in [3.8, 4) is 0 Å². The maximum Gasteiger partial charge on any atom is 0.305 e. The first-order chi connectivity index (χ1) is 37.2. The fraction of sp³-hybridized carbons (Fsp3) is 0.984. The number of unbranched alkanes of at least 4 members (excludes halogenated alkanes) is 29. The molecule has 12 heteroatoms. The molecular formula is C64H130N4O6S2. The number of hydrogen-bond acceptors (Lipinski definition) is 12. The fourth-order valence-electron chi connectivity index (χ4n) is 11.0. The highest BCUT2D eigenvalue weighted by Crippen LogP contribution is 2.23. The van der Waals surface area contributed by atoms with Crippen LogP contribution in [0, 0.1) is 0 Å². The van der Waals surface area contributed by atoms with Gasteiger partial charge in [-0.15, -0.1) is 0 Å². The maximum atomic E-state index is 12.7. The molecule has 1 fully saturated rings. The third-order valence-corrected chi connectivity index (χ3v) is 18.4. The Bertz CT molecular complexity index is 1130. The molecule has 1 aliphatic rings. The summed E-state index contributed by atoms with van der Waals surface area (Å²) in [7, 11) is 3.95. The molecule has 4 atom stereocenters. The van der Waals surface area contributed by atoms with Gasteiger partial charge in [-0.05, 0) is 58.0 Å². The van der Waals surface area contributed by atoms with E-state index >= 15 is 0 Å². The van der Waals surface area contributed by atoms with Gasteiger partial charge in [0.1, 0.15) is 6.61 Å². The summed E-state index contributed by atoms with van der Waals surface area (Å²) in [6, 6.07) is 0. The third kappa shape index (κ3) is 49.6. The van der Waals surface area contributed by atoms with Crippen molar-refractivity contribution in [2.24, 2.45) is 0 Å². The normalized spacial score (nSPS) is 15.3. The van der Waals surface area contributed by atoms with Gasteiger partial charge in [-0.1, -0.05) is 255 Å². The SMILES string of the molecule is CCCCCCCCCCCCC(O)CN(CCCSSCCN1CCN(CCOC(=O)CCCCN(CC(O)CCCCCCCC)CC(O)CCCCCCCC)CC1)CC(O)CCCCCCCCCCCC. The summed E-state index contributed by atoms with van der Waals surface area (Å²) in [5, 5.41) is 44.0. The zero-order chi connectivity index (χ0) is 55.2. The van der Waals surface area contributed by atoms with Gasteiger partial charge in [0, 0.05) is 83.4 Å². The van der Waals surface area contributed by atoms with Crippen LogP contribution in [-0.4, -0.2) is 167 Å². The molecule has 76 heavy (non-hydrogen) atoms. The Morgan fingerprint density at radius 2 is 0.697 bits per heavy atom. The van der Waals surface area contributed by atoms with E-state index in [9.17, 15) is 25.2 Å². The summed E-state index contributed by atoms with van der Waals surface area (Å²) in [5.74, 6) is 2.08. The zero-order valence-electron chi connectivity index (χ0n) is 50.9. The second-order valence-electron chi connectivity index (χ2n) is 23.5. The summed E-state index contributed by atoms with van der Waals surface area (Å²) in [4.78, 5) is 22.3. The number of rotatable bonds is 60. The molecule has 0 aromatic heterocycles. The monoisotopic (exact) mass is 1110 g/mol. The molecule has 0 aliphatic carbocycles. The van der Waals surface area contributed by atoms with E-state index in [0.717, 1.165) is 134 Å². The van der Waals surface area contributed by atoms with Crippen molar-refractivity contribution in [1.82, 2.24) is 19.6 Å². The molecule has 0 aromatic rings. The molecule has 1 heterocycles. The molecule has 0 bridgehead atoms. The van der Waals surface area contributed by atoms with Crippen LogP contribution in [-0.2, 0) is 9.53 Å². The highest BCUT2D eigenvalue weighted by Gasteiger charge is 2.20. The Kier molecular flexibility index (Phi) is 55.1. The Labute approximate surface area is 480 Å². The lowest BCUT2D eigenvalue weighted by Crippen LogP contribution is -2.47. The average Bonchev–Trinajstić information content (AvgIpc) is 3.40. The largest absolute Gasteiger partial charge is 0.464 e. The van der Waals surface area contributed by atoms with Gasteiger partial charge >= 0.3 is 5.97 Å². The highest BCUT2D eigenvalue weighted by atomic mass is 33.1. The van der Waals surface area contributed by atoms with E-state index in [1.807, 2.05) is 21.6 Å². The Morgan fingerprint density at radius 1 is 0.395 bits per heavy atom. The quantitative estimate of drug-likeness (QED) is 0.0264.